The van der Waals surface area contributed by atoms with Gasteiger partial charge in [-0.2, -0.15) is 0 Å². The Bertz CT molecular complexity index is 370. The lowest BCUT2D eigenvalue weighted by atomic mass is 10.00. The predicted octanol–water partition coefficient (Wildman–Crippen LogP) is 0.197. The van der Waals surface area contributed by atoms with Crippen molar-refractivity contribution in [2.75, 3.05) is 13.7 Å². The first-order chi connectivity index (χ1) is 8.32. The fourth-order valence-electron chi connectivity index (χ4n) is 2.01. The van der Waals surface area contributed by atoms with Crippen molar-refractivity contribution in [1.29, 1.82) is 0 Å². The molecule has 18 heavy (non-hydrogen) atoms. The highest BCUT2D eigenvalue weighted by Gasteiger charge is 2.46. The zero-order valence-corrected chi connectivity index (χ0v) is 10.7. The number of rotatable bonds is 3. The van der Waals surface area contributed by atoms with Gasteiger partial charge in [-0.3, -0.25) is 0 Å². The number of likely N-dealkylation sites (tertiary alicyclic amines) is 1. The van der Waals surface area contributed by atoms with Gasteiger partial charge in [0.2, 0.25) is 0 Å². The van der Waals surface area contributed by atoms with Crippen LogP contribution in [0.5, 0.6) is 0 Å². The molecule has 0 aromatic carbocycles. The van der Waals surface area contributed by atoms with Gasteiger partial charge in [-0.1, -0.05) is 0 Å². The van der Waals surface area contributed by atoms with Crippen molar-refractivity contribution in [3.8, 4) is 0 Å². The molecule has 1 aliphatic rings. The maximum Gasteiger partial charge on any atom is 0.329 e. The van der Waals surface area contributed by atoms with E-state index >= 15 is 0 Å². The molecular formula is C11H18N2O5. The number of methoxy groups -OCH3 is 1. The number of nitrogens with zero attached hydrogens (tertiary/aromatic N) is 1. The van der Waals surface area contributed by atoms with Crippen LogP contribution in [0.25, 0.3) is 0 Å². The molecule has 2 N–H and O–H groups in total. The van der Waals surface area contributed by atoms with Crippen LogP contribution in [0.15, 0.2) is 0 Å². The van der Waals surface area contributed by atoms with Gasteiger partial charge >= 0.3 is 18.0 Å². The monoisotopic (exact) mass is 258 g/mol. The summed E-state index contributed by atoms with van der Waals surface area (Å²) in [6.07, 6.45) is 1.03. The Hall–Kier alpha value is -1.79. The van der Waals surface area contributed by atoms with E-state index in [4.69, 9.17) is 5.11 Å². The minimum atomic E-state index is -1.21. The molecule has 0 bridgehead atoms. The summed E-state index contributed by atoms with van der Waals surface area (Å²) < 4.78 is 4.49. The average molecular weight is 258 g/mol. The molecule has 0 saturated carbocycles. The van der Waals surface area contributed by atoms with Crippen LogP contribution in [-0.2, 0) is 14.3 Å². The van der Waals surface area contributed by atoms with Crippen molar-refractivity contribution in [1.82, 2.24) is 10.2 Å². The third-order valence-corrected chi connectivity index (χ3v) is 3.24. The van der Waals surface area contributed by atoms with Crippen LogP contribution in [0.3, 0.4) is 0 Å². The minimum Gasteiger partial charge on any atom is -0.480 e. The number of carbonyl (C=O) groups is 3. The second-order valence-electron chi connectivity index (χ2n) is 4.53. The van der Waals surface area contributed by atoms with E-state index in [1.54, 1.807) is 0 Å². The quantitative estimate of drug-likeness (QED) is 0.705. The molecule has 0 spiro atoms. The van der Waals surface area contributed by atoms with Crippen LogP contribution in [-0.4, -0.2) is 53.2 Å². The Morgan fingerprint density at radius 3 is 2.56 bits per heavy atom. The topological polar surface area (TPSA) is 95.9 Å². The highest BCUT2D eigenvalue weighted by Crippen LogP contribution is 2.29. The molecule has 2 unspecified atom stereocenters. The van der Waals surface area contributed by atoms with Gasteiger partial charge in [-0.25, -0.2) is 14.4 Å². The van der Waals surface area contributed by atoms with Gasteiger partial charge in [-0.15, -0.1) is 0 Å². The fourth-order valence-corrected chi connectivity index (χ4v) is 2.01. The molecule has 1 aliphatic heterocycles. The first-order valence-electron chi connectivity index (χ1n) is 5.72. The SMILES string of the molecule is COC(=O)C(C)NC(=O)N1CCCC1(C)C(=O)O. The van der Waals surface area contributed by atoms with E-state index in [2.05, 4.69) is 10.1 Å². The van der Waals surface area contributed by atoms with Crippen molar-refractivity contribution >= 4 is 18.0 Å². The smallest absolute Gasteiger partial charge is 0.329 e. The van der Waals surface area contributed by atoms with E-state index in [1.165, 1.54) is 25.9 Å². The van der Waals surface area contributed by atoms with Crippen LogP contribution < -0.4 is 5.32 Å². The van der Waals surface area contributed by atoms with Crippen LogP contribution in [0, 0.1) is 0 Å². The Balaban J connectivity index is 2.72. The van der Waals surface area contributed by atoms with Crippen LogP contribution in [0.2, 0.25) is 0 Å². The number of hydrogen-bond donors (Lipinski definition) is 2. The third kappa shape index (κ3) is 2.55. The number of carbonyl (C=O) groups excluding carboxylic acids is 2. The molecule has 2 amide bonds. The number of amides is 2. The van der Waals surface area contributed by atoms with E-state index in [0.29, 0.717) is 19.4 Å². The largest absolute Gasteiger partial charge is 0.480 e. The van der Waals surface area contributed by atoms with E-state index < -0.39 is 29.6 Å². The Labute approximate surface area is 105 Å². The lowest BCUT2D eigenvalue weighted by molar-refractivity contribution is -0.147. The first kappa shape index (κ1) is 14.3. The van der Waals surface area contributed by atoms with Crippen LogP contribution in [0.1, 0.15) is 26.7 Å². The molecule has 1 rings (SSSR count). The highest BCUT2D eigenvalue weighted by molar-refractivity contribution is 5.89. The van der Waals surface area contributed by atoms with Gasteiger partial charge in [0.15, 0.2) is 0 Å². The van der Waals surface area contributed by atoms with Crippen LogP contribution in [0.4, 0.5) is 4.79 Å². The second-order valence-corrected chi connectivity index (χ2v) is 4.53. The normalized spacial score (nSPS) is 24.5. The summed E-state index contributed by atoms with van der Waals surface area (Å²) >= 11 is 0. The molecule has 0 aliphatic carbocycles. The number of carboxylic acids is 1. The number of ether oxygens (including phenoxy) is 1. The number of aliphatic carboxylic acids is 1. The standard InChI is InChI=1S/C11H18N2O5/c1-7(8(14)18-3)12-10(17)13-6-4-5-11(13,2)9(15)16/h7H,4-6H2,1-3H3,(H,12,17)(H,15,16). The Morgan fingerprint density at radius 1 is 1.44 bits per heavy atom. The number of urea groups is 1. The molecule has 7 heteroatoms. The molecule has 1 saturated heterocycles. The fraction of sp³-hybridized carbons (Fsp3) is 0.727. The minimum absolute atomic E-state index is 0.364. The van der Waals surface area contributed by atoms with Gasteiger partial charge in [0.1, 0.15) is 11.6 Å². The summed E-state index contributed by atoms with van der Waals surface area (Å²) in [5.74, 6) is -1.61. The van der Waals surface area contributed by atoms with E-state index in [9.17, 15) is 14.4 Å². The van der Waals surface area contributed by atoms with E-state index in [-0.39, 0.29) is 0 Å². The Morgan fingerprint density at radius 2 is 2.06 bits per heavy atom. The summed E-state index contributed by atoms with van der Waals surface area (Å²) in [7, 11) is 1.22. The number of esters is 1. The summed E-state index contributed by atoms with van der Waals surface area (Å²) in [4.78, 5) is 35.6. The van der Waals surface area contributed by atoms with Crippen molar-refractivity contribution in [3.63, 3.8) is 0 Å². The zero-order chi connectivity index (χ0) is 13.9. The molecule has 1 heterocycles. The first-order valence-corrected chi connectivity index (χ1v) is 5.72. The van der Waals surface area contributed by atoms with Crippen LogP contribution >= 0.6 is 0 Å². The molecule has 2 atom stereocenters. The molecule has 7 nitrogen and oxygen atoms in total. The number of nitrogens with one attached hydrogen (secondary N) is 1. The molecule has 102 valence electrons. The maximum absolute atomic E-state index is 11.9. The summed E-state index contributed by atoms with van der Waals surface area (Å²) in [6, 6.07) is -1.36. The van der Waals surface area contributed by atoms with E-state index in [0.717, 1.165) is 0 Å². The van der Waals surface area contributed by atoms with Crippen molar-refractivity contribution in [2.45, 2.75) is 38.3 Å². The highest BCUT2D eigenvalue weighted by atomic mass is 16.5. The van der Waals surface area contributed by atoms with Crippen molar-refractivity contribution < 1.29 is 24.2 Å². The summed E-state index contributed by atoms with van der Waals surface area (Å²) in [5, 5.41) is 11.6. The number of hydrogen-bond acceptors (Lipinski definition) is 4. The summed E-state index contributed by atoms with van der Waals surface area (Å²) in [6.45, 7) is 3.35. The third-order valence-electron chi connectivity index (χ3n) is 3.24. The Kier molecular flexibility index (Phi) is 4.15. The van der Waals surface area contributed by atoms with Gasteiger partial charge in [0.05, 0.1) is 7.11 Å². The molecular weight excluding hydrogens is 240 g/mol. The van der Waals surface area contributed by atoms with Gasteiger partial charge < -0.3 is 20.1 Å². The predicted molar refractivity (Wildman–Crippen MR) is 62.0 cm³/mol. The molecule has 0 radical (unpaired) electrons. The second kappa shape index (κ2) is 5.24. The average Bonchev–Trinajstić information content (AvgIpc) is 2.71. The lowest BCUT2D eigenvalue weighted by Gasteiger charge is -2.31. The van der Waals surface area contributed by atoms with Crippen molar-refractivity contribution in [3.05, 3.63) is 0 Å². The molecule has 0 aromatic rings. The van der Waals surface area contributed by atoms with E-state index in [1.807, 2.05) is 0 Å². The molecule has 1 fully saturated rings. The van der Waals surface area contributed by atoms with Crippen molar-refractivity contribution in [2.24, 2.45) is 0 Å². The number of carboxylic acid groups (broad SMARTS) is 1. The lowest BCUT2D eigenvalue weighted by Crippen LogP contribution is -2.56. The zero-order valence-electron chi connectivity index (χ0n) is 10.7. The molecule has 0 aromatic heterocycles. The maximum atomic E-state index is 11.9. The summed E-state index contributed by atoms with van der Waals surface area (Å²) in [5.41, 5.74) is -1.21. The van der Waals surface area contributed by atoms with Gasteiger partial charge in [-0.05, 0) is 26.7 Å². The van der Waals surface area contributed by atoms with Gasteiger partial charge in [0, 0.05) is 6.54 Å². The van der Waals surface area contributed by atoms with Gasteiger partial charge in [0.25, 0.3) is 0 Å².